The highest BCUT2D eigenvalue weighted by Crippen LogP contribution is 2.12. The van der Waals surface area contributed by atoms with Crippen molar-refractivity contribution in [1.82, 2.24) is 14.8 Å². The number of rotatable bonds is 6. The number of carboxylic acids is 1. The number of alkyl halides is 2. The second kappa shape index (κ2) is 5.42. The number of hydrogen-bond donors (Lipinski definition) is 3. The molecule has 1 rings (SSSR count). The first-order valence-corrected chi connectivity index (χ1v) is 6.15. The molecule has 18 heavy (non-hydrogen) atoms. The number of nitrogens with zero attached hydrogens (tertiary/aromatic N) is 1. The molecule has 0 saturated heterocycles. The number of nitrogens with one attached hydrogen (secondary N) is 2. The van der Waals surface area contributed by atoms with Crippen LogP contribution in [0.2, 0.25) is 0 Å². The van der Waals surface area contributed by atoms with Gasteiger partial charge in [0.15, 0.2) is 0 Å². The predicted molar refractivity (Wildman–Crippen MR) is 56.7 cm³/mol. The highest BCUT2D eigenvalue weighted by molar-refractivity contribution is 7.89. The van der Waals surface area contributed by atoms with E-state index < -0.39 is 29.0 Å². The maximum atomic E-state index is 11.8. The Bertz CT molecular complexity index is 541. The second-order valence-electron chi connectivity index (χ2n) is 3.35. The number of hydrazine groups is 1. The van der Waals surface area contributed by atoms with Crippen LogP contribution in [0.15, 0.2) is 17.2 Å². The number of aryl methyl sites for hydroxylation is 1. The van der Waals surface area contributed by atoms with Crippen molar-refractivity contribution < 1.29 is 27.1 Å². The molecule has 7 nitrogen and oxygen atoms in total. The molecule has 0 saturated carbocycles. The molecule has 0 aliphatic rings. The average molecular weight is 283 g/mol. The molecule has 1 aromatic rings. The predicted octanol–water partition coefficient (Wildman–Crippen LogP) is -0.229. The molecule has 102 valence electrons. The van der Waals surface area contributed by atoms with Crippen molar-refractivity contribution in [2.75, 3.05) is 6.54 Å². The number of sulfonamides is 1. The zero-order valence-corrected chi connectivity index (χ0v) is 10.0. The summed E-state index contributed by atoms with van der Waals surface area (Å²) < 4.78 is 47.9. The lowest BCUT2D eigenvalue weighted by Crippen LogP contribution is -2.39. The highest BCUT2D eigenvalue weighted by Gasteiger charge is 2.20. The fourth-order valence-corrected chi connectivity index (χ4v) is 2.12. The minimum absolute atomic E-state index is 0.232. The zero-order chi connectivity index (χ0) is 13.9. The van der Waals surface area contributed by atoms with Gasteiger partial charge in [-0.05, 0) is 6.07 Å². The number of aromatic nitrogens is 1. The maximum absolute atomic E-state index is 11.8. The van der Waals surface area contributed by atoms with E-state index in [1.165, 1.54) is 7.05 Å². The lowest BCUT2D eigenvalue weighted by atomic mass is 10.4. The lowest BCUT2D eigenvalue weighted by molar-refractivity contribution is 0.0686. The zero-order valence-electron chi connectivity index (χ0n) is 9.22. The summed E-state index contributed by atoms with van der Waals surface area (Å²) in [6.07, 6.45) is -1.64. The van der Waals surface area contributed by atoms with Crippen LogP contribution in [-0.2, 0) is 17.1 Å². The van der Waals surface area contributed by atoms with Gasteiger partial charge in [0.05, 0.1) is 6.54 Å². The number of halogens is 2. The van der Waals surface area contributed by atoms with Crippen LogP contribution >= 0.6 is 0 Å². The van der Waals surface area contributed by atoms with Crippen LogP contribution in [0.5, 0.6) is 0 Å². The molecule has 0 radical (unpaired) electrons. The van der Waals surface area contributed by atoms with Crippen LogP contribution in [0.3, 0.4) is 0 Å². The summed E-state index contributed by atoms with van der Waals surface area (Å²) in [6, 6.07) is 0.925. The maximum Gasteiger partial charge on any atom is 0.352 e. The Balaban J connectivity index is 2.85. The summed E-state index contributed by atoms with van der Waals surface area (Å²) in [7, 11) is -2.71. The minimum Gasteiger partial charge on any atom is -0.477 e. The fourth-order valence-electron chi connectivity index (χ4n) is 1.17. The Kier molecular flexibility index (Phi) is 4.38. The highest BCUT2D eigenvalue weighted by atomic mass is 32.2. The Labute approximate surface area is 101 Å². The van der Waals surface area contributed by atoms with Gasteiger partial charge in [0.25, 0.3) is 16.4 Å². The van der Waals surface area contributed by atoms with Gasteiger partial charge in [-0.2, -0.15) is 0 Å². The third-order valence-electron chi connectivity index (χ3n) is 1.97. The molecule has 1 aromatic heterocycles. The smallest absolute Gasteiger partial charge is 0.352 e. The molecule has 0 aliphatic heterocycles. The molecule has 0 aromatic carbocycles. The summed E-state index contributed by atoms with van der Waals surface area (Å²) in [5.74, 6) is -1.29. The average Bonchev–Trinajstić information content (AvgIpc) is 2.60. The minimum atomic E-state index is -4.07. The second-order valence-corrected chi connectivity index (χ2v) is 5.04. The fraction of sp³-hybridized carbons (Fsp3) is 0.375. The van der Waals surface area contributed by atoms with Crippen LogP contribution in [0.4, 0.5) is 8.78 Å². The summed E-state index contributed by atoms with van der Waals surface area (Å²) in [5, 5.41) is 8.74. The third kappa shape index (κ3) is 3.48. The van der Waals surface area contributed by atoms with E-state index in [9.17, 15) is 22.0 Å². The van der Waals surface area contributed by atoms with Crippen LogP contribution in [0.25, 0.3) is 0 Å². The van der Waals surface area contributed by atoms with E-state index in [1.807, 2.05) is 5.43 Å². The van der Waals surface area contributed by atoms with E-state index >= 15 is 0 Å². The Hall–Kier alpha value is -1.52. The van der Waals surface area contributed by atoms with Gasteiger partial charge in [-0.25, -0.2) is 27.4 Å². The first-order chi connectivity index (χ1) is 8.24. The molecule has 0 atom stereocenters. The van der Waals surface area contributed by atoms with Crippen LogP contribution in [0.1, 0.15) is 10.5 Å². The van der Waals surface area contributed by atoms with Crippen molar-refractivity contribution in [2.24, 2.45) is 7.05 Å². The summed E-state index contributed by atoms with van der Waals surface area (Å²) in [4.78, 5) is 12.1. The normalized spacial score (nSPS) is 12.0. The molecule has 3 N–H and O–H groups in total. The van der Waals surface area contributed by atoms with Crippen molar-refractivity contribution in [3.63, 3.8) is 0 Å². The molecular weight excluding hydrogens is 272 g/mol. The number of carbonyl (C=O) groups is 1. The van der Waals surface area contributed by atoms with Crippen LogP contribution in [0, 0.1) is 0 Å². The molecule has 0 unspecified atom stereocenters. The molecule has 1 heterocycles. The Morgan fingerprint density at radius 2 is 2.17 bits per heavy atom. The van der Waals surface area contributed by atoms with E-state index in [2.05, 4.69) is 0 Å². The monoisotopic (exact) mass is 283 g/mol. The molecule has 0 amide bonds. The first kappa shape index (κ1) is 14.5. The molecule has 0 bridgehead atoms. The first-order valence-electron chi connectivity index (χ1n) is 4.66. The van der Waals surface area contributed by atoms with E-state index in [0.717, 1.165) is 16.8 Å². The lowest BCUT2D eigenvalue weighted by Gasteiger charge is -2.05. The van der Waals surface area contributed by atoms with Gasteiger partial charge in [0, 0.05) is 13.2 Å². The molecular formula is C8H11F2N3O4S. The van der Waals surface area contributed by atoms with Gasteiger partial charge >= 0.3 is 5.97 Å². The largest absolute Gasteiger partial charge is 0.477 e. The Morgan fingerprint density at radius 1 is 1.56 bits per heavy atom. The van der Waals surface area contributed by atoms with Crippen molar-refractivity contribution in [2.45, 2.75) is 11.3 Å². The summed E-state index contributed by atoms with van der Waals surface area (Å²) in [6.45, 7) is -0.849. The SMILES string of the molecule is Cn1cc(S(=O)(=O)NNCC(F)F)cc1C(=O)O. The van der Waals surface area contributed by atoms with Crippen molar-refractivity contribution in [1.29, 1.82) is 0 Å². The summed E-state index contributed by atoms with van der Waals surface area (Å²) >= 11 is 0. The standard InChI is InChI=1S/C8H11F2N3O4S/c1-13-4-5(2-6(13)8(14)15)18(16,17)12-11-3-7(9)10/h2,4,7,11-12H,3H2,1H3,(H,14,15). The van der Waals surface area contributed by atoms with Gasteiger partial charge < -0.3 is 9.67 Å². The van der Waals surface area contributed by atoms with Gasteiger partial charge in [-0.1, -0.05) is 0 Å². The molecule has 0 aliphatic carbocycles. The van der Waals surface area contributed by atoms with Gasteiger partial charge in [0.1, 0.15) is 10.6 Å². The number of hydrogen-bond acceptors (Lipinski definition) is 4. The van der Waals surface area contributed by atoms with E-state index in [-0.39, 0.29) is 10.6 Å². The van der Waals surface area contributed by atoms with Crippen LogP contribution in [-0.4, -0.2) is 37.0 Å². The number of carboxylic acid groups (broad SMARTS) is 1. The molecule has 0 spiro atoms. The molecule has 0 fully saturated rings. The van der Waals surface area contributed by atoms with E-state index in [4.69, 9.17) is 5.11 Å². The Morgan fingerprint density at radius 3 is 2.61 bits per heavy atom. The quantitative estimate of drug-likeness (QED) is 0.626. The van der Waals surface area contributed by atoms with Crippen molar-refractivity contribution in [3.8, 4) is 0 Å². The van der Waals surface area contributed by atoms with Gasteiger partial charge in [-0.3, -0.25) is 0 Å². The topological polar surface area (TPSA) is 100 Å². The van der Waals surface area contributed by atoms with E-state index in [1.54, 1.807) is 4.83 Å². The van der Waals surface area contributed by atoms with Gasteiger partial charge in [0.2, 0.25) is 0 Å². The van der Waals surface area contributed by atoms with E-state index in [0.29, 0.717) is 0 Å². The summed E-state index contributed by atoms with van der Waals surface area (Å²) in [5.41, 5.74) is 1.60. The van der Waals surface area contributed by atoms with Crippen LogP contribution < -0.4 is 10.3 Å². The van der Waals surface area contributed by atoms with Gasteiger partial charge in [-0.15, -0.1) is 4.83 Å². The van der Waals surface area contributed by atoms with Crippen molar-refractivity contribution in [3.05, 3.63) is 18.0 Å². The number of aromatic carboxylic acids is 1. The van der Waals surface area contributed by atoms with Crippen molar-refractivity contribution >= 4 is 16.0 Å². The third-order valence-corrected chi connectivity index (χ3v) is 3.23. The molecule has 10 heteroatoms.